The van der Waals surface area contributed by atoms with Crippen LogP contribution in [0.1, 0.15) is 55.9 Å². The van der Waals surface area contributed by atoms with E-state index in [1.165, 1.54) is 37.6 Å². The lowest BCUT2D eigenvalue weighted by Crippen LogP contribution is -2.50. The quantitative estimate of drug-likeness (QED) is 0.346. The molecule has 0 bridgehead atoms. The van der Waals surface area contributed by atoms with Gasteiger partial charge in [0.2, 0.25) is 12.1 Å². The van der Waals surface area contributed by atoms with E-state index in [2.05, 4.69) is 22.5 Å². The fraction of sp³-hybridized carbons (Fsp3) is 0.517. The van der Waals surface area contributed by atoms with Gasteiger partial charge >= 0.3 is 12.2 Å². The predicted octanol–water partition coefficient (Wildman–Crippen LogP) is 4.69. The van der Waals surface area contributed by atoms with Crippen molar-refractivity contribution in [3.8, 4) is 0 Å². The van der Waals surface area contributed by atoms with Crippen molar-refractivity contribution in [3.63, 3.8) is 0 Å². The smallest absolute Gasteiger partial charge is 0.382 e. The molecule has 1 unspecified atom stereocenters. The number of carbonyl (C=O) groups is 3. The number of anilines is 1. The zero-order valence-electron chi connectivity index (χ0n) is 23.4. The number of methoxy groups -OCH3 is 1. The lowest BCUT2D eigenvalue weighted by molar-refractivity contribution is -0.150. The van der Waals surface area contributed by atoms with Crippen molar-refractivity contribution in [2.24, 2.45) is 11.8 Å². The first-order chi connectivity index (χ1) is 20.0. The van der Waals surface area contributed by atoms with Crippen LogP contribution in [0.4, 0.5) is 28.2 Å². The van der Waals surface area contributed by atoms with Gasteiger partial charge in [-0.1, -0.05) is 50.1 Å². The Balaban J connectivity index is 1.53. The summed E-state index contributed by atoms with van der Waals surface area (Å²) in [4.78, 5) is 44.1. The maximum Gasteiger partial charge on any atom is 0.410 e. The Labute approximate surface area is 241 Å². The van der Waals surface area contributed by atoms with Crippen molar-refractivity contribution in [1.29, 1.82) is 0 Å². The van der Waals surface area contributed by atoms with Crippen molar-refractivity contribution < 1.29 is 36.7 Å². The summed E-state index contributed by atoms with van der Waals surface area (Å²) in [5.74, 6) is -1.22. The maximum absolute atomic E-state index is 15.0. The molecule has 4 atom stereocenters. The van der Waals surface area contributed by atoms with Crippen LogP contribution in [0.25, 0.3) is 0 Å². The number of rotatable bonds is 10. The molecule has 2 fully saturated rings. The summed E-state index contributed by atoms with van der Waals surface area (Å²) in [5.41, 5.74) is 0.559. The summed E-state index contributed by atoms with van der Waals surface area (Å²) >= 11 is 0. The first-order valence-electron chi connectivity index (χ1n) is 13.9. The zero-order chi connectivity index (χ0) is 30.4. The number of alkyl halides is 4. The maximum atomic E-state index is 15.0. The summed E-state index contributed by atoms with van der Waals surface area (Å²) in [7, 11) is 1.36. The third kappa shape index (κ3) is 7.55. The van der Waals surface area contributed by atoms with Gasteiger partial charge in [0.15, 0.2) is 0 Å². The Morgan fingerprint density at radius 1 is 1.10 bits per heavy atom. The molecule has 1 aromatic heterocycles. The average Bonchev–Trinajstić information content (AvgIpc) is 3.37. The summed E-state index contributed by atoms with van der Waals surface area (Å²) in [6, 6.07) is 6.03. The fourth-order valence-corrected chi connectivity index (χ4v) is 5.48. The van der Waals surface area contributed by atoms with Crippen molar-refractivity contribution in [3.05, 3.63) is 59.8 Å². The Hall–Kier alpha value is -3.74. The molecule has 42 heavy (non-hydrogen) atoms. The number of amides is 4. The second kappa shape index (κ2) is 13.5. The van der Waals surface area contributed by atoms with Crippen LogP contribution in [0.5, 0.6) is 0 Å². The molecule has 1 saturated heterocycles. The van der Waals surface area contributed by atoms with Gasteiger partial charge in [-0.3, -0.25) is 9.59 Å². The van der Waals surface area contributed by atoms with E-state index in [4.69, 9.17) is 4.74 Å². The van der Waals surface area contributed by atoms with Crippen LogP contribution < -0.4 is 16.0 Å². The minimum absolute atomic E-state index is 0.0638. The second-order valence-corrected chi connectivity index (χ2v) is 10.9. The number of hydrogen-bond acceptors (Lipinski definition) is 5. The Morgan fingerprint density at radius 2 is 1.79 bits per heavy atom. The Bertz CT molecular complexity index is 1240. The Morgan fingerprint density at radius 3 is 2.40 bits per heavy atom. The molecule has 13 heteroatoms. The van der Waals surface area contributed by atoms with Crippen molar-refractivity contribution in [1.82, 2.24) is 20.5 Å². The van der Waals surface area contributed by atoms with E-state index in [0.29, 0.717) is 24.3 Å². The molecule has 4 rings (SSSR count). The van der Waals surface area contributed by atoms with Crippen LogP contribution in [0.15, 0.2) is 48.7 Å². The molecule has 2 aromatic rings. The predicted molar refractivity (Wildman–Crippen MR) is 146 cm³/mol. The molecule has 0 spiro atoms. The van der Waals surface area contributed by atoms with Crippen LogP contribution in [-0.2, 0) is 14.3 Å². The lowest BCUT2D eigenvalue weighted by Gasteiger charge is -2.32. The van der Waals surface area contributed by atoms with Crippen LogP contribution in [0.3, 0.4) is 0 Å². The summed E-state index contributed by atoms with van der Waals surface area (Å²) < 4.78 is 60.0. The number of aromatic nitrogens is 1. The molecule has 9 nitrogen and oxygen atoms in total. The summed E-state index contributed by atoms with van der Waals surface area (Å²) in [6.07, 6.45) is -2.20. The second-order valence-electron chi connectivity index (χ2n) is 10.9. The first kappa shape index (κ1) is 31.2. The molecule has 228 valence electrons. The molecule has 1 saturated carbocycles. The number of nitrogens with one attached hydrogen (secondary N) is 3. The molecule has 4 amide bonds. The number of nitrogens with zero attached hydrogens (tertiary/aromatic N) is 2. The SMILES string of the molecule is COC[C@H](c1ccnc(NC(=O)[C@@H](NC(=O)C(F)c2ccccc2)C2CCC(C)CC2)c1)N1C[C@@H](C(F)(F)F)NC1=O. The number of carbonyl (C=O) groups excluding carboxylic acids is 3. The number of ether oxygens (including phenoxy) is 1. The van der Waals surface area contributed by atoms with Gasteiger partial charge in [-0.25, -0.2) is 14.2 Å². The molecular weight excluding hydrogens is 558 g/mol. The van der Waals surface area contributed by atoms with E-state index in [9.17, 15) is 27.6 Å². The van der Waals surface area contributed by atoms with Gasteiger partial charge in [-0.15, -0.1) is 0 Å². The molecule has 2 aliphatic rings. The normalized spacial score (nSPS) is 23.0. The van der Waals surface area contributed by atoms with Crippen LogP contribution in [0.2, 0.25) is 0 Å². The fourth-order valence-electron chi connectivity index (χ4n) is 5.48. The van der Waals surface area contributed by atoms with Crippen molar-refractivity contribution in [2.75, 3.05) is 25.6 Å². The van der Waals surface area contributed by atoms with Gasteiger partial charge in [0.25, 0.3) is 5.91 Å². The zero-order valence-corrected chi connectivity index (χ0v) is 23.4. The average molecular weight is 594 g/mol. The molecule has 3 N–H and O–H groups in total. The molecule has 1 aliphatic carbocycles. The lowest BCUT2D eigenvalue weighted by atomic mass is 9.79. The minimum atomic E-state index is -4.62. The van der Waals surface area contributed by atoms with E-state index in [0.717, 1.165) is 17.7 Å². The highest BCUT2D eigenvalue weighted by Crippen LogP contribution is 2.33. The van der Waals surface area contributed by atoms with E-state index >= 15 is 4.39 Å². The van der Waals surface area contributed by atoms with E-state index in [1.54, 1.807) is 18.2 Å². The van der Waals surface area contributed by atoms with E-state index in [1.807, 2.05) is 5.32 Å². The Kier molecular flexibility index (Phi) is 10.0. The molecule has 1 aromatic carbocycles. The van der Waals surface area contributed by atoms with Crippen LogP contribution >= 0.6 is 0 Å². The monoisotopic (exact) mass is 593 g/mol. The first-order valence-corrected chi connectivity index (χ1v) is 13.9. The summed E-state index contributed by atoms with van der Waals surface area (Å²) in [5, 5.41) is 7.23. The topological polar surface area (TPSA) is 113 Å². The summed E-state index contributed by atoms with van der Waals surface area (Å²) in [6.45, 7) is 1.40. The number of benzene rings is 1. The van der Waals surface area contributed by atoms with Gasteiger partial charge in [-0.05, 0) is 47.9 Å². The van der Waals surface area contributed by atoms with Gasteiger partial charge in [0.1, 0.15) is 17.9 Å². The highest BCUT2D eigenvalue weighted by Gasteiger charge is 2.48. The number of hydrogen-bond donors (Lipinski definition) is 3. The molecule has 1 aliphatic heterocycles. The third-order valence-electron chi connectivity index (χ3n) is 7.89. The standard InChI is InChI=1S/C29H35F4N5O4/c1-17-8-10-19(11-9-17)25(37-26(39)24(30)18-6-4-3-5-7-18)27(40)36-23-14-20(12-13-34-23)21(16-42-2)38-15-22(29(31,32)33)35-28(38)41/h3-7,12-14,17,19,21-22,24-25H,8-11,15-16H2,1-2H3,(H,35,41)(H,37,39)(H,34,36,40)/t17?,19?,21-,22+,24?,25+/m1/s1. The van der Waals surface area contributed by atoms with Gasteiger partial charge in [-0.2, -0.15) is 13.2 Å². The third-order valence-corrected chi connectivity index (χ3v) is 7.89. The highest BCUT2D eigenvalue weighted by molar-refractivity contribution is 5.97. The highest BCUT2D eigenvalue weighted by atomic mass is 19.4. The van der Waals surface area contributed by atoms with Crippen LogP contribution in [0, 0.1) is 11.8 Å². The van der Waals surface area contributed by atoms with Crippen molar-refractivity contribution in [2.45, 2.75) is 63.1 Å². The van der Waals surface area contributed by atoms with E-state index in [-0.39, 0.29) is 23.9 Å². The van der Waals surface area contributed by atoms with Crippen LogP contribution in [-0.4, -0.2) is 66.3 Å². The van der Waals surface area contributed by atoms with Gasteiger partial charge < -0.3 is 25.6 Å². The van der Waals surface area contributed by atoms with Crippen molar-refractivity contribution >= 4 is 23.7 Å². The minimum Gasteiger partial charge on any atom is -0.382 e. The number of urea groups is 1. The number of halogens is 4. The van der Waals surface area contributed by atoms with Gasteiger partial charge in [0, 0.05) is 13.3 Å². The molecule has 0 radical (unpaired) electrons. The number of pyridine rings is 1. The largest absolute Gasteiger partial charge is 0.410 e. The van der Waals surface area contributed by atoms with E-state index < -0.39 is 54.9 Å². The molecule has 2 heterocycles. The molecular formula is C29H35F4N5O4. The van der Waals surface area contributed by atoms with Gasteiger partial charge in [0.05, 0.1) is 19.2 Å².